The molecule has 0 bridgehead atoms. The van der Waals surface area contributed by atoms with Gasteiger partial charge in [0.15, 0.2) is 0 Å². The van der Waals surface area contributed by atoms with Crippen LogP contribution in [-0.4, -0.2) is 37.4 Å². The zero-order chi connectivity index (χ0) is 14.6. The van der Waals surface area contributed by atoms with Gasteiger partial charge in [0.25, 0.3) is 0 Å². The molecule has 1 atom stereocenters. The zero-order valence-electron chi connectivity index (χ0n) is 11.6. The number of aliphatic hydroxyl groups is 1. The third-order valence-corrected chi connectivity index (χ3v) is 4.18. The maximum atomic E-state index is 12.6. The van der Waals surface area contributed by atoms with Gasteiger partial charge in [-0.25, -0.2) is 0 Å². The van der Waals surface area contributed by atoms with E-state index in [1.54, 1.807) is 13.2 Å². The Kier molecular flexibility index (Phi) is 5.02. The molecule has 1 saturated carbocycles. The van der Waals surface area contributed by atoms with Gasteiger partial charge in [-0.15, -0.1) is 0 Å². The molecule has 0 radical (unpaired) electrons. The lowest BCUT2D eigenvalue weighted by Crippen LogP contribution is -2.53. The van der Waals surface area contributed by atoms with Gasteiger partial charge in [-0.05, 0) is 30.5 Å². The van der Waals surface area contributed by atoms with Crippen molar-refractivity contribution in [2.24, 2.45) is 0 Å². The lowest BCUT2D eigenvalue weighted by molar-refractivity contribution is -0.131. The molecule has 0 aromatic heterocycles. The summed E-state index contributed by atoms with van der Waals surface area (Å²) in [6.45, 7) is 0.166. The van der Waals surface area contributed by atoms with E-state index in [2.05, 4.69) is 5.32 Å². The molecular weight excluding hydrogens is 278 g/mol. The number of ether oxygens (including phenoxy) is 1. The first kappa shape index (κ1) is 15.3. The van der Waals surface area contributed by atoms with E-state index in [9.17, 15) is 9.90 Å². The number of carbonyl (C=O) groups excluding carboxylic acids is 1. The number of halogens is 1. The van der Waals surface area contributed by atoms with Gasteiger partial charge in [-0.3, -0.25) is 4.79 Å². The van der Waals surface area contributed by atoms with Crippen molar-refractivity contribution in [2.75, 3.05) is 20.3 Å². The zero-order valence-corrected chi connectivity index (χ0v) is 12.3. The van der Waals surface area contributed by atoms with Crippen LogP contribution in [0.1, 0.15) is 24.8 Å². The number of amides is 1. The molecule has 1 aromatic rings. The summed E-state index contributed by atoms with van der Waals surface area (Å²) in [5.41, 5.74) is 0.439. The van der Waals surface area contributed by atoms with E-state index in [4.69, 9.17) is 16.3 Å². The second-order valence-electron chi connectivity index (χ2n) is 5.25. The third kappa shape index (κ3) is 2.97. The summed E-state index contributed by atoms with van der Waals surface area (Å²) in [4.78, 5) is 12.6. The van der Waals surface area contributed by atoms with Crippen LogP contribution >= 0.6 is 11.6 Å². The van der Waals surface area contributed by atoms with E-state index in [1.807, 2.05) is 18.2 Å². The predicted molar refractivity (Wildman–Crippen MR) is 77.9 cm³/mol. The van der Waals surface area contributed by atoms with Gasteiger partial charge in [-0.2, -0.15) is 0 Å². The fourth-order valence-electron chi connectivity index (χ4n) is 2.63. The maximum Gasteiger partial charge on any atom is 0.231 e. The Bertz CT molecular complexity index is 474. The molecule has 0 spiro atoms. The summed E-state index contributed by atoms with van der Waals surface area (Å²) in [5, 5.41) is 12.8. The highest BCUT2D eigenvalue weighted by molar-refractivity contribution is 6.30. The smallest absolute Gasteiger partial charge is 0.231 e. The quantitative estimate of drug-likeness (QED) is 0.843. The van der Waals surface area contributed by atoms with Crippen LogP contribution < -0.4 is 5.32 Å². The molecule has 1 amide bonds. The van der Waals surface area contributed by atoms with Crippen LogP contribution in [0.25, 0.3) is 0 Å². The summed E-state index contributed by atoms with van der Waals surface area (Å²) >= 11 is 6.03. The lowest BCUT2D eigenvalue weighted by atomic mass is 9.63. The summed E-state index contributed by atoms with van der Waals surface area (Å²) in [6.07, 6.45) is 2.64. The minimum Gasteiger partial charge on any atom is -0.394 e. The van der Waals surface area contributed by atoms with Gasteiger partial charge < -0.3 is 15.2 Å². The van der Waals surface area contributed by atoms with E-state index in [1.165, 1.54) is 0 Å². The van der Waals surface area contributed by atoms with Crippen LogP contribution in [0.3, 0.4) is 0 Å². The normalized spacial score (nSPS) is 18.1. The van der Waals surface area contributed by atoms with Crippen LogP contribution in [0.5, 0.6) is 0 Å². The number of benzene rings is 1. The van der Waals surface area contributed by atoms with E-state index >= 15 is 0 Å². The summed E-state index contributed by atoms with van der Waals surface area (Å²) in [5.74, 6) is -0.0536. The molecule has 1 aromatic carbocycles. The van der Waals surface area contributed by atoms with Crippen LogP contribution in [0.2, 0.25) is 5.02 Å². The molecule has 0 heterocycles. The highest BCUT2D eigenvalue weighted by Gasteiger charge is 2.46. The van der Waals surface area contributed by atoms with Gasteiger partial charge in [0.2, 0.25) is 5.91 Å². The highest BCUT2D eigenvalue weighted by atomic mass is 35.5. The topological polar surface area (TPSA) is 58.6 Å². The number of hydrogen-bond donors (Lipinski definition) is 2. The fraction of sp³-hybridized carbons (Fsp3) is 0.533. The predicted octanol–water partition coefficient (Wildman–Crippen LogP) is 1.89. The van der Waals surface area contributed by atoms with Crippen molar-refractivity contribution in [3.63, 3.8) is 0 Å². The Balaban J connectivity index is 2.16. The van der Waals surface area contributed by atoms with Gasteiger partial charge >= 0.3 is 0 Å². The first-order valence-corrected chi connectivity index (χ1v) is 7.17. The van der Waals surface area contributed by atoms with Crippen molar-refractivity contribution in [3.8, 4) is 0 Å². The molecule has 2 N–H and O–H groups in total. The SMILES string of the molecule is COCC(CO)NC(=O)C1(c2cccc(Cl)c2)CCC1. The molecule has 1 aliphatic rings. The third-order valence-electron chi connectivity index (χ3n) is 3.94. The maximum absolute atomic E-state index is 12.6. The van der Waals surface area contributed by atoms with Gasteiger partial charge in [-0.1, -0.05) is 30.2 Å². The van der Waals surface area contributed by atoms with Crippen molar-refractivity contribution >= 4 is 17.5 Å². The van der Waals surface area contributed by atoms with E-state index in [-0.39, 0.29) is 18.6 Å². The second-order valence-corrected chi connectivity index (χ2v) is 5.69. The largest absolute Gasteiger partial charge is 0.394 e. The molecule has 4 nitrogen and oxygen atoms in total. The number of hydrogen-bond acceptors (Lipinski definition) is 3. The molecule has 2 rings (SSSR count). The molecule has 1 fully saturated rings. The molecular formula is C15H20ClNO3. The summed E-state index contributed by atoms with van der Waals surface area (Å²) in [6, 6.07) is 7.09. The standard InChI is InChI=1S/C15H20ClNO3/c1-20-10-13(9-18)17-14(19)15(6-3-7-15)11-4-2-5-12(16)8-11/h2,4-5,8,13,18H,3,6-7,9-10H2,1H3,(H,17,19). The Hall–Kier alpha value is -1.10. The molecule has 110 valence electrons. The number of nitrogens with one attached hydrogen (secondary N) is 1. The minimum absolute atomic E-state index is 0.0536. The van der Waals surface area contributed by atoms with Crippen molar-refractivity contribution in [3.05, 3.63) is 34.9 Å². The van der Waals surface area contributed by atoms with Crippen LogP contribution in [0.15, 0.2) is 24.3 Å². The molecule has 0 aliphatic heterocycles. The summed E-state index contributed by atoms with van der Waals surface area (Å²) in [7, 11) is 1.55. The Morgan fingerprint density at radius 3 is 2.80 bits per heavy atom. The second kappa shape index (κ2) is 6.57. The fourth-order valence-corrected chi connectivity index (χ4v) is 2.82. The van der Waals surface area contributed by atoms with Crippen LogP contribution in [0.4, 0.5) is 0 Å². The number of carbonyl (C=O) groups is 1. The monoisotopic (exact) mass is 297 g/mol. The van der Waals surface area contributed by atoms with Gasteiger partial charge in [0, 0.05) is 12.1 Å². The number of rotatable bonds is 6. The van der Waals surface area contributed by atoms with Gasteiger partial charge in [0.1, 0.15) is 0 Å². The van der Waals surface area contributed by atoms with Crippen molar-refractivity contribution < 1.29 is 14.6 Å². The molecule has 20 heavy (non-hydrogen) atoms. The van der Waals surface area contributed by atoms with E-state index < -0.39 is 5.41 Å². The number of methoxy groups -OCH3 is 1. The minimum atomic E-state index is -0.508. The van der Waals surface area contributed by atoms with Crippen LogP contribution in [0, 0.1) is 0 Å². The Labute approximate surface area is 124 Å². The van der Waals surface area contributed by atoms with Crippen molar-refractivity contribution in [2.45, 2.75) is 30.7 Å². The van der Waals surface area contributed by atoms with Crippen molar-refractivity contribution in [1.82, 2.24) is 5.32 Å². The average molecular weight is 298 g/mol. The average Bonchev–Trinajstić information content (AvgIpc) is 2.37. The van der Waals surface area contributed by atoms with Crippen LogP contribution in [-0.2, 0) is 14.9 Å². The molecule has 0 saturated heterocycles. The summed E-state index contributed by atoms with van der Waals surface area (Å²) < 4.78 is 4.99. The van der Waals surface area contributed by atoms with Crippen molar-refractivity contribution in [1.29, 1.82) is 0 Å². The molecule has 1 aliphatic carbocycles. The first-order chi connectivity index (χ1) is 9.62. The molecule has 5 heteroatoms. The van der Waals surface area contributed by atoms with E-state index in [0.717, 1.165) is 24.8 Å². The Morgan fingerprint density at radius 1 is 1.55 bits per heavy atom. The lowest BCUT2D eigenvalue weighted by Gasteiger charge is -2.41. The Morgan fingerprint density at radius 2 is 2.30 bits per heavy atom. The van der Waals surface area contributed by atoms with E-state index in [0.29, 0.717) is 11.6 Å². The highest BCUT2D eigenvalue weighted by Crippen LogP contribution is 2.44. The van der Waals surface area contributed by atoms with Gasteiger partial charge in [0.05, 0.1) is 24.7 Å². The molecule has 1 unspecified atom stereocenters. The first-order valence-electron chi connectivity index (χ1n) is 6.79. The number of aliphatic hydroxyl groups excluding tert-OH is 1.